The van der Waals surface area contributed by atoms with Crippen LogP contribution in [0.25, 0.3) is 0 Å². The molecule has 2 aromatic carbocycles. The van der Waals surface area contributed by atoms with Crippen molar-refractivity contribution >= 4 is 23.4 Å². The molecule has 1 fully saturated rings. The number of rotatable bonds is 9. The van der Waals surface area contributed by atoms with Gasteiger partial charge >= 0.3 is 0 Å². The Labute approximate surface area is 189 Å². The lowest BCUT2D eigenvalue weighted by Crippen LogP contribution is -2.51. The lowest BCUT2D eigenvalue weighted by Gasteiger charge is -2.29. The van der Waals surface area contributed by atoms with E-state index in [1.807, 2.05) is 37.3 Å². The summed E-state index contributed by atoms with van der Waals surface area (Å²) in [4.78, 5) is 27.5. The average Bonchev–Trinajstić information content (AvgIpc) is 3.28. The normalized spacial score (nSPS) is 14.8. The molecule has 1 aliphatic carbocycles. The summed E-state index contributed by atoms with van der Waals surface area (Å²) in [5.74, 6) is 0.273. The van der Waals surface area contributed by atoms with Crippen LogP contribution >= 0.6 is 11.6 Å². The highest BCUT2D eigenvalue weighted by Crippen LogP contribution is 2.21. The van der Waals surface area contributed by atoms with Crippen molar-refractivity contribution in [3.05, 3.63) is 64.7 Å². The third-order valence-corrected chi connectivity index (χ3v) is 6.27. The Morgan fingerprint density at radius 2 is 1.87 bits per heavy atom. The molecule has 0 bridgehead atoms. The SMILES string of the molecule is Cc1cc(OCC(=O)N(CCc2ccccc2)[C@H](C)C(=O)NC2CCCC2)ccc1Cl. The maximum atomic E-state index is 13.1. The quantitative estimate of drug-likeness (QED) is 0.620. The summed E-state index contributed by atoms with van der Waals surface area (Å²) in [6.07, 6.45) is 4.98. The van der Waals surface area contributed by atoms with Crippen molar-refractivity contribution in [1.82, 2.24) is 10.2 Å². The molecule has 0 unspecified atom stereocenters. The first kappa shape index (κ1) is 23.1. The van der Waals surface area contributed by atoms with Crippen LogP contribution in [0.3, 0.4) is 0 Å². The van der Waals surface area contributed by atoms with Crippen LogP contribution in [0, 0.1) is 6.92 Å². The van der Waals surface area contributed by atoms with Gasteiger partial charge in [0.05, 0.1) is 0 Å². The highest BCUT2D eigenvalue weighted by atomic mass is 35.5. The molecule has 6 heteroatoms. The Balaban J connectivity index is 1.65. The molecule has 0 aliphatic heterocycles. The number of aryl methyl sites for hydroxylation is 1. The molecule has 2 aromatic rings. The molecule has 1 aliphatic rings. The van der Waals surface area contributed by atoms with Gasteiger partial charge in [0.15, 0.2) is 6.61 Å². The highest BCUT2D eigenvalue weighted by Gasteiger charge is 2.28. The molecule has 0 spiro atoms. The van der Waals surface area contributed by atoms with Crippen LogP contribution in [0.15, 0.2) is 48.5 Å². The molecule has 0 saturated heterocycles. The second-order valence-electron chi connectivity index (χ2n) is 8.19. The van der Waals surface area contributed by atoms with E-state index in [0.29, 0.717) is 23.7 Å². The van der Waals surface area contributed by atoms with Crippen molar-refractivity contribution < 1.29 is 14.3 Å². The number of nitrogens with zero attached hydrogens (tertiary/aromatic N) is 1. The van der Waals surface area contributed by atoms with E-state index in [-0.39, 0.29) is 24.5 Å². The number of ether oxygens (including phenoxy) is 1. The molecular weight excluding hydrogens is 412 g/mol. The van der Waals surface area contributed by atoms with Crippen LogP contribution in [0.2, 0.25) is 5.02 Å². The summed E-state index contributed by atoms with van der Waals surface area (Å²) in [5.41, 5.74) is 2.01. The Morgan fingerprint density at radius 3 is 2.55 bits per heavy atom. The van der Waals surface area contributed by atoms with Crippen LogP contribution in [-0.4, -0.2) is 41.9 Å². The molecule has 1 saturated carbocycles. The van der Waals surface area contributed by atoms with Gasteiger partial charge in [-0.2, -0.15) is 0 Å². The van der Waals surface area contributed by atoms with Gasteiger partial charge in [0.2, 0.25) is 5.91 Å². The van der Waals surface area contributed by atoms with Gasteiger partial charge in [-0.05, 0) is 62.4 Å². The Bertz CT molecular complexity index is 882. The predicted molar refractivity (Wildman–Crippen MR) is 123 cm³/mol. The summed E-state index contributed by atoms with van der Waals surface area (Å²) < 4.78 is 5.72. The Morgan fingerprint density at radius 1 is 1.16 bits per heavy atom. The number of carbonyl (C=O) groups excluding carboxylic acids is 2. The fourth-order valence-electron chi connectivity index (χ4n) is 3.90. The first-order valence-electron chi connectivity index (χ1n) is 11.0. The van der Waals surface area contributed by atoms with Crippen LogP contribution in [0.1, 0.15) is 43.7 Å². The Hall–Kier alpha value is -2.53. The van der Waals surface area contributed by atoms with Gasteiger partial charge in [0.1, 0.15) is 11.8 Å². The molecule has 5 nitrogen and oxygen atoms in total. The van der Waals surface area contributed by atoms with Crippen molar-refractivity contribution in [3.63, 3.8) is 0 Å². The molecule has 166 valence electrons. The number of benzene rings is 2. The first-order chi connectivity index (χ1) is 14.9. The fourth-order valence-corrected chi connectivity index (χ4v) is 4.01. The molecule has 3 rings (SSSR count). The van der Waals surface area contributed by atoms with Crippen molar-refractivity contribution in [2.75, 3.05) is 13.2 Å². The molecule has 0 aromatic heterocycles. The smallest absolute Gasteiger partial charge is 0.261 e. The number of hydrogen-bond donors (Lipinski definition) is 1. The Kier molecular flexibility index (Phi) is 8.35. The standard InChI is InChI=1S/C25H31ClN2O3/c1-18-16-22(12-13-23(18)26)31-17-24(29)28(15-14-20-8-4-3-5-9-20)19(2)25(30)27-21-10-6-7-11-21/h3-5,8-9,12-13,16,19,21H,6-7,10-11,14-15,17H2,1-2H3,(H,27,30)/t19-/m1/s1. The minimum atomic E-state index is -0.563. The summed E-state index contributed by atoms with van der Waals surface area (Å²) in [6, 6.07) is 14.9. The van der Waals surface area contributed by atoms with Crippen molar-refractivity contribution in [1.29, 1.82) is 0 Å². The van der Waals surface area contributed by atoms with E-state index < -0.39 is 6.04 Å². The lowest BCUT2D eigenvalue weighted by atomic mass is 10.1. The summed E-state index contributed by atoms with van der Waals surface area (Å²) in [5, 5.41) is 3.76. The first-order valence-corrected chi connectivity index (χ1v) is 11.3. The van der Waals surface area contributed by atoms with E-state index in [9.17, 15) is 9.59 Å². The number of carbonyl (C=O) groups is 2. The van der Waals surface area contributed by atoms with Crippen molar-refractivity contribution in [2.45, 2.75) is 58.0 Å². The molecule has 0 radical (unpaired) electrons. The third kappa shape index (κ3) is 6.73. The monoisotopic (exact) mass is 442 g/mol. The van der Waals surface area contributed by atoms with Crippen LogP contribution in [0.5, 0.6) is 5.75 Å². The van der Waals surface area contributed by atoms with Crippen LogP contribution < -0.4 is 10.1 Å². The highest BCUT2D eigenvalue weighted by molar-refractivity contribution is 6.31. The molecule has 1 N–H and O–H groups in total. The van der Waals surface area contributed by atoms with E-state index in [1.54, 1.807) is 30.0 Å². The maximum Gasteiger partial charge on any atom is 0.261 e. The van der Waals surface area contributed by atoms with E-state index in [1.165, 1.54) is 0 Å². The van der Waals surface area contributed by atoms with Crippen molar-refractivity contribution in [2.24, 2.45) is 0 Å². The third-order valence-electron chi connectivity index (χ3n) is 5.84. The topological polar surface area (TPSA) is 58.6 Å². The van der Waals surface area contributed by atoms with Gasteiger partial charge in [0, 0.05) is 17.6 Å². The van der Waals surface area contributed by atoms with Crippen molar-refractivity contribution in [3.8, 4) is 5.75 Å². The minimum Gasteiger partial charge on any atom is -0.484 e. The van der Waals surface area contributed by atoms with E-state index in [2.05, 4.69) is 5.32 Å². The fraction of sp³-hybridized carbons (Fsp3) is 0.440. The van der Waals surface area contributed by atoms with E-state index in [4.69, 9.17) is 16.3 Å². The number of hydrogen-bond acceptors (Lipinski definition) is 3. The van der Waals surface area contributed by atoms with E-state index >= 15 is 0 Å². The molecule has 2 amide bonds. The molecular formula is C25H31ClN2O3. The van der Waals surface area contributed by atoms with Gasteiger partial charge in [-0.15, -0.1) is 0 Å². The van der Waals surface area contributed by atoms with Gasteiger partial charge in [0.25, 0.3) is 5.91 Å². The van der Waals surface area contributed by atoms with E-state index in [0.717, 1.165) is 36.8 Å². The zero-order valence-electron chi connectivity index (χ0n) is 18.3. The predicted octanol–water partition coefficient (Wildman–Crippen LogP) is 4.55. The molecule has 31 heavy (non-hydrogen) atoms. The maximum absolute atomic E-state index is 13.1. The number of halogens is 1. The summed E-state index contributed by atoms with van der Waals surface area (Å²) in [6.45, 7) is 4.00. The number of amides is 2. The van der Waals surface area contributed by atoms with Crippen LogP contribution in [-0.2, 0) is 16.0 Å². The van der Waals surface area contributed by atoms with Gasteiger partial charge < -0.3 is 15.0 Å². The zero-order chi connectivity index (χ0) is 22.2. The number of nitrogens with one attached hydrogen (secondary N) is 1. The summed E-state index contributed by atoms with van der Waals surface area (Å²) >= 11 is 6.06. The lowest BCUT2D eigenvalue weighted by molar-refractivity contribution is -0.141. The van der Waals surface area contributed by atoms with Crippen LogP contribution in [0.4, 0.5) is 0 Å². The average molecular weight is 443 g/mol. The second kappa shape index (κ2) is 11.2. The van der Waals surface area contributed by atoms with Gasteiger partial charge in [-0.25, -0.2) is 0 Å². The zero-order valence-corrected chi connectivity index (χ0v) is 19.0. The van der Waals surface area contributed by atoms with Gasteiger partial charge in [-0.3, -0.25) is 9.59 Å². The van der Waals surface area contributed by atoms with Gasteiger partial charge in [-0.1, -0.05) is 54.8 Å². The minimum absolute atomic E-state index is 0.101. The largest absolute Gasteiger partial charge is 0.484 e. The molecule has 0 heterocycles. The molecule has 1 atom stereocenters. The summed E-state index contributed by atoms with van der Waals surface area (Å²) in [7, 11) is 0. The second-order valence-corrected chi connectivity index (χ2v) is 8.60.